The molecule has 0 radical (unpaired) electrons. The summed E-state index contributed by atoms with van der Waals surface area (Å²) in [5, 5.41) is 6.31. The van der Waals surface area contributed by atoms with Gasteiger partial charge in [-0.1, -0.05) is 0 Å². The first-order valence-corrected chi connectivity index (χ1v) is 6.20. The molecule has 0 unspecified atom stereocenters. The first-order chi connectivity index (χ1) is 8.25. The van der Waals surface area contributed by atoms with Gasteiger partial charge in [0.05, 0.1) is 5.56 Å². The number of amides is 1. The van der Waals surface area contributed by atoms with E-state index >= 15 is 0 Å². The fraction of sp³-hybridized carbons (Fsp3) is 0.538. The summed E-state index contributed by atoms with van der Waals surface area (Å²) in [6.07, 6.45) is 5.21. The molecule has 1 fully saturated rings. The van der Waals surface area contributed by atoms with Crippen molar-refractivity contribution in [2.75, 3.05) is 13.1 Å². The number of hydrogen-bond acceptors (Lipinski definition) is 3. The summed E-state index contributed by atoms with van der Waals surface area (Å²) in [7, 11) is 0. The number of nitrogens with one attached hydrogen (secondary N) is 2. The standard InChI is InChI=1S/C13H19N3O/c1-10-3-4-11(9-16-10)13(17)15-8-2-7-14-12-5-6-12/h3-4,9,12,14H,2,5-8H2,1H3,(H,15,17). The van der Waals surface area contributed by atoms with Gasteiger partial charge in [0.1, 0.15) is 0 Å². The Balaban J connectivity index is 1.64. The normalized spacial score (nSPS) is 14.6. The molecule has 2 N–H and O–H groups in total. The van der Waals surface area contributed by atoms with Gasteiger partial charge in [-0.15, -0.1) is 0 Å². The maximum absolute atomic E-state index is 11.7. The lowest BCUT2D eigenvalue weighted by molar-refractivity contribution is 0.0953. The van der Waals surface area contributed by atoms with E-state index in [0.29, 0.717) is 12.1 Å². The Morgan fingerprint density at radius 2 is 2.24 bits per heavy atom. The Kier molecular flexibility index (Phi) is 4.09. The van der Waals surface area contributed by atoms with Gasteiger partial charge in [-0.05, 0) is 44.9 Å². The minimum atomic E-state index is -0.0380. The van der Waals surface area contributed by atoms with Gasteiger partial charge in [-0.3, -0.25) is 9.78 Å². The Bertz CT molecular complexity index is 371. The number of aromatic nitrogens is 1. The van der Waals surface area contributed by atoms with Gasteiger partial charge in [-0.25, -0.2) is 0 Å². The molecule has 1 saturated carbocycles. The summed E-state index contributed by atoms with van der Waals surface area (Å²) >= 11 is 0. The molecule has 1 aliphatic carbocycles. The Hall–Kier alpha value is -1.42. The highest BCUT2D eigenvalue weighted by atomic mass is 16.1. The number of aryl methyl sites for hydroxylation is 1. The van der Waals surface area contributed by atoms with Gasteiger partial charge >= 0.3 is 0 Å². The first-order valence-electron chi connectivity index (χ1n) is 6.20. The van der Waals surface area contributed by atoms with E-state index in [1.54, 1.807) is 12.3 Å². The molecule has 0 aliphatic heterocycles. The molecule has 0 spiro atoms. The summed E-state index contributed by atoms with van der Waals surface area (Å²) in [5.74, 6) is -0.0380. The van der Waals surface area contributed by atoms with E-state index in [2.05, 4.69) is 15.6 Å². The summed E-state index contributed by atoms with van der Waals surface area (Å²) in [6, 6.07) is 4.40. The van der Waals surface area contributed by atoms with Crippen LogP contribution in [0, 0.1) is 6.92 Å². The van der Waals surface area contributed by atoms with Crippen LogP contribution in [0.15, 0.2) is 18.3 Å². The summed E-state index contributed by atoms with van der Waals surface area (Å²) in [4.78, 5) is 15.8. The van der Waals surface area contributed by atoms with Crippen LogP contribution < -0.4 is 10.6 Å². The second kappa shape index (κ2) is 5.77. The van der Waals surface area contributed by atoms with Crippen molar-refractivity contribution < 1.29 is 4.79 Å². The number of carbonyl (C=O) groups is 1. The first kappa shape index (κ1) is 12.0. The average molecular weight is 233 g/mol. The molecule has 0 aromatic carbocycles. The van der Waals surface area contributed by atoms with Crippen molar-refractivity contribution in [3.05, 3.63) is 29.6 Å². The molecule has 1 amide bonds. The highest BCUT2D eigenvalue weighted by Gasteiger charge is 2.19. The minimum Gasteiger partial charge on any atom is -0.352 e. The third kappa shape index (κ3) is 4.15. The van der Waals surface area contributed by atoms with Crippen LogP contribution in [0.25, 0.3) is 0 Å². The molecule has 1 aliphatic rings. The number of nitrogens with zero attached hydrogens (tertiary/aromatic N) is 1. The summed E-state index contributed by atoms with van der Waals surface area (Å²) in [6.45, 7) is 3.61. The van der Waals surface area contributed by atoms with Gasteiger partial charge < -0.3 is 10.6 Å². The van der Waals surface area contributed by atoms with Gasteiger partial charge in [0.25, 0.3) is 5.91 Å². The van der Waals surface area contributed by atoms with Crippen LogP contribution in [0.2, 0.25) is 0 Å². The molecule has 0 atom stereocenters. The zero-order valence-electron chi connectivity index (χ0n) is 10.2. The molecular formula is C13H19N3O. The van der Waals surface area contributed by atoms with E-state index in [1.165, 1.54) is 12.8 Å². The molecule has 4 nitrogen and oxygen atoms in total. The van der Waals surface area contributed by atoms with Crippen molar-refractivity contribution in [2.45, 2.75) is 32.2 Å². The molecule has 1 heterocycles. The van der Waals surface area contributed by atoms with Crippen molar-refractivity contribution in [3.8, 4) is 0 Å². The van der Waals surface area contributed by atoms with Crippen LogP contribution >= 0.6 is 0 Å². The second-order valence-corrected chi connectivity index (χ2v) is 4.53. The smallest absolute Gasteiger partial charge is 0.252 e. The number of pyridine rings is 1. The monoisotopic (exact) mass is 233 g/mol. The Morgan fingerprint density at radius 3 is 2.88 bits per heavy atom. The lowest BCUT2D eigenvalue weighted by atomic mass is 10.2. The van der Waals surface area contributed by atoms with Crippen molar-refractivity contribution in [1.29, 1.82) is 0 Å². The van der Waals surface area contributed by atoms with Crippen molar-refractivity contribution >= 4 is 5.91 Å². The van der Waals surface area contributed by atoms with Crippen LogP contribution in [0.1, 0.15) is 35.3 Å². The number of rotatable bonds is 6. The van der Waals surface area contributed by atoms with Crippen LogP contribution in [0.4, 0.5) is 0 Å². The zero-order chi connectivity index (χ0) is 12.1. The van der Waals surface area contributed by atoms with Crippen molar-refractivity contribution in [1.82, 2.24) is 15.6 Å². The third-order valence-corrected chi connectivity index (χ3v) is 2.82. The largest absolute Gasteiger partial charge is 0.352 e. The zero-order valence-corrected chi connectivity index (χ0v) is 10.2. The van der Waals surface area contributed by atoms with Crippen LogP contribution in [-0.2, 0) is 0 Å². The molecule has 0 bridgehead atoms. The van der Waals surface area contributed by atoms with Gasteiger partial charge in [0, 0.05) is 24.5 Å². The van der Waals surface area contributed by atoms with Gasteiger partial charge in [0.2, 0.25) is 0 Å². The molecule has 4 heteroatoms. The quantitative estimate of drug-likeness (QED) is 0.727. The summed E-state index contributed by atoms with van der Waals surface area (Å²) in [5.41, 5.74) is 1.56. The third-order valence-electron chi connectivity index (χ3n) is 2.82. The van der Waals surface area contributed by atoms with E-state index in [-0.39, 0.29) is 5.91 Å². The topological polar surface area (TPSA) is 54.0 Å². The summed E-state index contributed by atoms with van der Waals surface area (Å²) < 4.78 is 0. The fourth-order valence-electron chi connectivity index (χ4n) is 1.59. The molecule has 92 valence electrons. The second-order valence-electron chi connectivity index (χ2n) is 4.53. The van der Waals surface area contributed by atoms with E-state index in [9.17, 15) is 4.79 Å². The number of hydrogen-bond donors (Lipinski definition) is 2. The lowest BCUT2D eigenvalue weighted by Gasteiger charge is -2.05. The van der Waals surface area contributed by atoms with Gasteiger partial charge in [-0.2, -0.15) is 0 Å². The van der Waals surface area contributed by atoms with E-state index in [0.717, 1.165) is 24.7 Å². The average Bonchev–Trinajstić information content (AvgIpc) is 3.13. The molecule has 1 aromatic heterocycles. The maximum atomic E-state index is 11.7. The minimum absolute atomic E-state index is 0.0380. The fourth-order valence-corrected chi connectivity index (χ4v) is 1.59. The van der Waals surface area contributed by atoms with Crippen molar-refractivity contribution in [2.24, 2.45) is 0 Å². The van der Waals surface area contributed by atoms with Crippen LogP contribution in [0.3, 0.4) is 0 Å². The van der Waals surface area contributed by atoms with Gasteiger partial charge in [0.15, 0.2) is 0 Å². The predicted octanol–water partition coefficient (Wildman–Crippen LogP) is 1.26. The molecular weight excluding hydrogens is 214 g/mol. The van der Waals surface area contributed by atoms with Crippen molar-refractivity contribution in [3.63, 3.8) is 0 Å². The van der Waals surface area contributed by atoms with E-state index in [1.807, 2.05) is 13.0 Å². The lowest BCUT2D eigenvalue weighted by Crippen LogP contribution is -2.28. The van der Waals surface area contributed by atoms with Crippen LogP contribution in [-0.4, -0.2) is 30.0 Å². The number of carbonyl (C=O) groups excluding carboxylic acids is 1. The highest BCUT2D eigenvalue weighted by molar-refractivity contribution is 5.93. The van der Waals surface area contributed by atoms with E-state index in [4.69, 9.17) is 0 Å². The SMILES string of the molecule is Cc1ccc(C(=O)NCCCNC2CC2)cn1. The molecule has 17 heavy (non-hydrogen) atoms. The molecule has 2 rings (SSSR count). The molecule has 0 saturated heterocycles. The molecule has 1 aromatic rings. The highest BCUT2D eigenvalue weighted by Crippen LogP contribution is 2.18. The predicted molar refractivity (Wildman–Crippen MR) is 66.9 cm³/mol. The Labute approximate surface area is 102 Å². The van der Waals surface area contributed by atoms with Crippen LogP contribution in [0.5, 0.6) is 0 Å². The van der Waals surface area contributed by atoms with E-state index < -0.39 is 0 Å². The Morgan fingerprint density at radius 1 is 1.41 bits per heavy atom. The maximum Gasteiger partial charge on any atom is 0.252 e.